The molecule has 0 atom stereocenters. The highest BCUT2D eigenvalue weighted by Gasteiger charge is 2.11. The molecule has 0 aromatic heterocycles. The van der Waals surface area contributed by atoms with Crippen LogP contribution in [0, 0.1) is 0 Å². The number of nitrogens with one attached hydrogen (secondary N) is 2. The first kappa shape index (κ1) is 13.0. The van der Waals surface area contributed by atoms with Crippen molar-refractivity contribution in [2.75, 3.05) is 17.7 Å². The number of carbonyl (C=O) groups excluding carboxylic acids is 1. The van der Waals surface area contributed by atoms with Crippen LogP contribution in [0.15, 0.2) is 24.3 Å². The molecule has 4 heteroatoms. The molecule has 0 saturated carbocycles. The molecular formula is C14H17ClN2O. The Balaban J connectivity index is 2.10. The van der Waals surface area contributed by atoms with Crippen molar-refractivity contribution in [2.24, 2.45) is 0 Å². The lowest BCUT2D eigenvalue weighted by molar-refractivity contribution is 0.252. The summed E-state index contributed by atoms with van der Waals surface area (Å²) in [7, 11) is 0. The van der Waals surface area contributed by atoms with Gasteiger partial charge in [0.25, 0.3) is 0 Å². The number of rotatable bonds is 4. The number of anilines is 1. The van der Waals surface area contributed by atoms with E-state index in [4.69, 9.17) is 11.6 Å². The largest absolute Gasteiger partial charge is 0.338 e. The molecule has 18 heavy (non-hydrogen) atoms. The van der Waals surface area contributed by atoms with Crippen LogP contribution < -0.4 is 10.6 Å². The van der Waals surface area contributed by atoms with Crippen molar-refractivity contribution in [3.63, 3.8) is 0 Å². The second-order valence-electron chi connectivity index (χ2n) is 4.28. The van der Waals surface area contributed by atoms with Gasteiger partial charge in [-0.3, -0.25) is 0 Å². The highest BCUT2D eigenvalue weighted by atomic mass is 35.5. The average molecular weight is 265 g/mol. The number of unbranched alkanes of at least 4 members (excludes halogenated alkanes) is 1. The number of amides is 2. The Morgan fingerprint density at radius 2 is 2.28 bits per heavy atom. The fraction of sp³-hybridized carbons (Fsp3) is 0.357. The van der Waals surface area contributed by atoms with E-state index in [0.29, 0.717) is 12.4 Å². The second-order valence-corrected chi connectivity index (χ2v) is 4.66. The van der Waals surface area contributed by atoms with Crippen molar-refractivity contribution in [3.8, 4) is 0 Å². The van der Waals surface area contributed by atoms with E-state index in [-0.39, 0.29) is 6.03 Å². The van der Waals surface area contributed by atoms with Gasteiger partial charge in [0.2, 0.25) is 0 Å². The fourth-order valence-corrected chi connectivity index (χ4v) is 2.08. The van der Waals surface area contributed by atoms with Gasteiger partial charge in [0, 0.05) is 18.1 Å². The molecule has 1 aromatic carbocycles. The van der Waals surface area contributed by atoms with Gasteiger partial charge >= 0.3 is 6.03 Å². The molecular weight excluding hydrogens is 248 g/mol. The standard InChI is InChI=1S/C14H17ClN2O/c15-8-3-1-2-4-11-5-6-12-7-9-16-14(18)17-13(12)10-11/h2,4-6,10H,1,3,7-9H2,(H2,16,17,18). The van der Waals surface area contributed by atoms with E-state index < -0.39 is 0 Å². The van der Waals surface area contributed by atoms with Crippen molar-refractivity contribution >= 4 is 29.4 Å². The minimum atomic E-state index is -0.128. The van der Waals surface area contributed by atoms with Crippen LogP contribution in [0.3, 0.4) is 0 Å². The van der Waals surface area contributed by atoms with Gasteiger partial charge in [0.15, 0.2) is 0 Å². The van der Waals surface area contributed by atoms with E-state index in [1.165, 1.54) is 5.56 Å². The molecule has 96 valence electrons. The van der Waals surface area contributed by atoms with E-state index in [2.05, 4.69) is 34.9 Å². The Morgan fingerprint density at radius 1 is 1.39 bits per heavy atom. The summed E-state index contributed by atoms with van der Waals surface area (Å²) in [5.74, 6) is 0.691. The number of urea groups is 1. The topological polar surface area (TPSA) is 41.1 Å². The lowest BCUT2D eigenvalue weighted by atomic mass is 10.1. The molecule has 0 aliphatic carbocycles. The number of carbonyl (C=O) groups is 1. The maximum atomic E-state index is 11.4. The number of benzene rings is 1. The molecule has 0 bridgehead atoms. The van der Waals surface area contributed by atoms with Crippen LogP contribution in [0.5, 0.6) is 0 Å². The number of hydrogen-bond donors (Lipinski definition) is 2. The minimum Gasteiger partial charge on any atom is -0.338 e. The Morgan fingerprint density at radius 3 is 3.11 bits per heavy atom. The number of halogens is 1. The van der Waals surface area contributed by atoms with Crippen LogP contribution in [-0.4, -0.2) is 18.5 Å². The van der Waals surface area contributed by atoms with Crippen molar-refractivity contribution < 1.29 is 4.79 Å². The van der Waals surface area contributed by atoms with E-state index in [0.717, 1.165) is 30.5 Å². The summed E-state index contributed by atoms with van der Waals surface area (Å²) >= 11 is 5.62. The molecule has 0 saturated heterocycles. The summed E-state index contributed by atoms with van der Waals surface area (Å²) in [6.45, 7) is 0.684. The van der Waals surface area contributed by atoms with Crippen molar-refractivity contribution in [2.45, 2.75) is 19.3 Å². The van der Waals surface area contributed by atoms with Gasteiger partial charge in [0.1, 0.15) is 0 Å². The Labute approximate surface area is 112 Å². The normalized spacial score (nSPS) is 14.8. The monoisotopic (exact) mass is 264 g/mol. The van der Waals surface area contributed by atoms with Gasteiger partial charge in [-0.05, 0) is 36.5 Å². The first-order valence-corrected chi connectivity index (χ1v) is 6.73. The molecule has 0 fully saturated rings. The number of hydrogen-bond acceptors (Lipinski definition) is 1. The molecule has 1 aliphatic rings. The van der Waals surface area contributed by atoms with E-state index in [9.17, 15) is 4.79 Å². The summed E-state index contributed by atoms with van der Waals surface area (Å²) in [5, 5.41) is 5.65. The summed E-state index contributed by atoms with van der Waals surface area (Å²) in [6, 6.07) is 6.03. The number of alkyl halides is 1. The second kappa shape index (κ2) is 6.45. The van der Waals surface area contributed by atoms with Gasteiger partial charge in [-0.15, -0.1) is 11.6 Å². The molecule has 2 amide bonds. The van der Waals surface area contributed by atoms with Crippen LogP contribution in [0.2, 0.25) is 0 Å². The SMILES string of the molecule is O=C1NCCc2ccc(C=CCCCCl)cc2N1. The maximum Gasteiger partial charge on any atom is 0.319 e. The molecule has 0 spiro atoms. The van der Waals surface area contributed by atoms with Gasteiger partial charge in [0.05, 0.1) is 0 Å². The molecule has 1 aliphatic heterocycles. The molecule has 2 rings (SSSR count). The third-order valence-electron chi connectivity index (χ3n) is 2.88. The van der Waals surface area contributed by atoms with E-state index in [1.807, 2.05) is 6.07 Å². The first-order chi connectivity index (χ1) is 8.79. The van der Waals surface area contributed by atoms with Gasteiger partial charge in [-0.2, -0.15) is 0 Å². The summed E-state index contributed by atoms with van der Waals surface area (Å²) in [6.07, 6.45) is 7.01. The Kier molecular flexibility index (Phi) is 4.65. The number of allylic oxidation sites excluding steroid dienone is 1. The zero-order valence-corrected chi connectivity index (χ0v) is 11.0. The van der Waals surface area contributed by atoms with Crippen molar-refractivity contribution in [1.29, 1.82) is 0 Å². The summed E-state index contributed by atoms with van der Waals surface area (Å²) < 4.78 is 0. The number of fused-ring (bicyclic) bond motifs is 1. The predicted octanol–water partition coefficient (Wildman–Crippen LogP) is 3.40. The minimum absolute atomic E-state index is 0.128. The molecule has 0 unspecified atom stereocenters. The molecule has 0 radical (unpaired) electrons. The van der Waals surface area contributed by atoms with Crippen LogP contribution in [0.25, 0.3) is 6.08 Å². The lowest BCUT2D eigenvalue weighted by Crippen LogP contribution is -2.27. The molecule has 1 heterocycles. The first-order valence-electron chi connectivity index (χ1n) is 6.20. The highest BCUT2D eigenvalue weighted by molar-refractivity contribution is 6.17. The van der Waals surface area contributed by atoms with Gasteiger partial charge < -0.3 is 10.6 Å². The zero-order valence-electron chi connectivity index (χ0n) is 10.2. The molecule has 1 aromatic rings. The van der Waals surface area contributed by atoms with Crippen LogP contribution in [0.1, 0.15) is 24.0 Å². The highest BCUT2D eigenvalue weighted by Crippen LogP contribution is 2.21. The average Bonchev–Trinajstić information content (AvgIpc) is 2.55. The van der Waals surface area contributed by atoms with Crippen LogP contribution in [0.4, 0.5) is 10.5 Å². The van der Waals surface area contributed by atoms with Crippen LogP contribution >= 0.6 is 11.6 Å². The zero-order chi connectivity index (χ0) is 12.8. The van der Waals surface area contributed by atoms with Crippen molar-refractivity contribution in [1.82, 2.24) is 5.32 Å². The predicted molar refractivity (Wildman–Crippen MR) is 76.2 cm³/mol. The smallest absolute Gasteiger partial charge is 0.319 e. The van der Waals surface area contributed by atoms with Gasteiger partial charge in [-0.25, -0.2) is 4.79 Å². The van der Waals surface area contributed by atoms with Gasteiger partial charge in [-0.1, -0.05) is 24.3 Å². The third-order valence-corrected chi connectivity index (χ3v) is 3.14. The maximum absolute atomic E-state index is 11.4. The third kappa shape index (κ3) is 3.50. The molecule has 3 nitrogen and oxygen atoms in total. The Hall–Kier alpha value is -1.48. The molecule has 2 N–H and O–H groups in total. The van der Waals surface area contributed by atoms with E-state index in [1.54, 1.807) is 0 Å². The summed E-state index contributed by atoms with van der Waals surface area (Å²) in [5.41, 5.74) is 3.18. The van der Waals surface area contributed by atoms with Crippen LogP contribution in [-0.2, 0) is 6.42 Å². The van der Waals surface area contributed by atoms with Crippen molar-refractivity contribution in [3.05, 3.63) is 35.4 Å². The fourth-order valence-electron chi connectivity index (χ4n) is 1.92. The Bertz CT molecular complexity index is 457. The summed E-state index contributed by atoms with van der Waals surface area (Å²) in [4.78, 5) is 11.4. The quantitative estimate of drug-likeness (QED) is 0.635. The lowest BCUT2D eigenvalue weighted by Gasteiger charge is -2.06. The van der Waals surface area contributed by atoms with E-state index >= 15 is 0 Å².